The topological polar surface area (TPSA) is 0 Å². The van der Waals surface area contributed by atoms with Crippen LogP contribution < -0.4 is 0 Å². The summed E-state index contributed by atoms with van der Waals surface area (Å²) in [5.74, 6) is 0.605. The predicted octanol–water partition coefficient (Wildman–Crippen LogP) is 4.55. The second-order valence-corrected chi connectivity index (χ2v) is 5.29. The van der Waals surface area contributed by atoms with Crippen molar-refractivity contribution < 1.29 is 0 Å². The fourth-order valence-electron chi connectivity index (χ4n) is 1.43. The van der Waals surface area contributed by atoms with E-state index in [0.717, 1.165) is 0 Å². The standard InChI is InChI=1S/C10H8ClIS/c1-6-7(5-11)4-9(12)10-8(6)2-3-13-10/h2-4H,5H2,1H3. The molecule has 0 unspecified atom stereocenters. The summed E-state index contributed by atoms with van der Waals surface area (Å²) in [7, 11) is 0. The monoisotopic (exact) mass is 322 g/mol. The van der Waals surface area contributed by atoms with E-state index in [2.05, 4.69) is 47.0 Å². The van der Waals surface area contributed by atoms with Gasteiger partial charge in [0, 0.05) is 14.2 Å². The molecule has 0 fully saturated rings. The number of rotatable bonds is 1. The molecule has 3 heteroatoms. The molecule has 1 aromatic heterocycles. The van der Waals surface area contributed by atoms with Gasteiger partial charge in [0.25, 0.3) is 0 Å². The number of fused-ring (bicyclic) bond motifs is 1. The van der Waals surface area contributed by atoms with Crippen LogP contribution in [-0.2, 0) is 5.88 Å². The third-order valence-corrected chi connectivity index (χ3v) is 4.67. The van der Waals surface area contributed by atoms with Gasteiger partial charge in [0.2, 0.25) is 0 Å². The van der Waals surface area contributed by atoms with Crippen molar-refractivity contribution in [1.82, 2.24) is 0 Å². The molecule has 2 rings (SSSR count). The maximum atomic E-state index is 5.87. The largest absolute Gasteiger partial charge is 0.143 e. The third kappa shape index (κ3) is 1.60. The van der Waals surface area contributed by atoms with Gasteiger partial charge in [0.05, 0.1) is 0 Å². The zero-order chi connectivity index (χ0) is 9.42. The first kappa shape index (κ1) is 9.74. The molecule has 0 atom stereocenters. The summed E-state index contributed by atoms with van der Waals surface area (Å²) >= 11 is 10.0. The maximum Gasteiger partial charge on any atom is 0.0479 e. The van der Waals surface area contributed by atoms with Crippen molar-refractivity contribution in [2.24, 2.45) is 0 Å². The van der Waals surface area contributed by atoms with Crippen LogP contribution in [0, 0.1) is 10.5 Å². The van der Waals surface area contributed by atoms with Crippen LogP contribution in [0.2, 0.25) is 0 Å². The van der Waals surface area contributed by atoms with Crippen LogP contribution in [0.5, 0.6) is 0 Å². The molecule has 0 aliphatic carbocycles. The Hall–Kier alpha value is 0.200. The molecular weight excluding hydrogens is 315 g/mol. The Kier molecular flexibility index (Phi) is 2.81. The van der Waals surface area contributed by atoms with Gasteiger partial charge < -0.3 is 0 Å². The van der Waals surface area contributed by atoms with E-state index in [1.165, 1.54) is 24.8 Å². The Morgan fingerprint density at radius 2 is 2.31 bits per heavy atom. The van der Waals surface area contributed by atoms with Crippen LogP contribution in [0.1, 0.15) is 11.1 Å². The molecule has 0 bridgehead atoms. The molecule has 13 heavy (non-hydrogen) atoms. The molecular formula is C10H8ClIS. The first-order valence-corrected chi connectivity index (χ1v) is 6.44. The van der Waals surface area contributed by atoms with Crippen molar-refractivity contribution in [3.63, 3.8) is 0 Å². The minimum atomic E-state index is 0.605. The number of alkyl halides is 1. The van der Waals surface area contributed by atoms with Crippen molar-refractivity contribution >= 4 is 55.6 Å². The zero-order valence-electron chi connectivity index (χ0n) is 7.10. The van der Waals surface area contributed by atoms with Gasteiger partial charge in [-0.3, -0.25) is 0 Å². The van der Waals surface area contributed by atoms with Crippen molar-refractivity contribution in [3.05, 3.63) is 32.2 Å². The molecule has 0 N–H and O–H groups in total. The Labute approximate surface area is 100 Å². The van der Waals surface area contributed by atoms with Crippen LogP contribution in [0.15, 0.2) is 17.5 Å². The summed E-state index contributed by atoms with van der Waals surface area (Å²) in [4.78, 5) is 0. The highest BCUT2D eigenvalue weighted by Gasteiger charge is 2.07. The maximum absolute atomic E-state index is 5.87. The quantitative estimate of drug-likeness (QED) is 0.533. The Bertz CT molecular complexity index is 447. The average molecular weight is 323 g/mol. The first-order chi connectivity index (χ1) is 6.24. The number of aryl methyl sites for hydroxylation is 1. The number of benzene rings is 1. The zero-order valence-corrected chi connectivity index (χ0v) is 10.8. The molecule has 68 valence electrons. The van der Waals surface area contributed by atoms with Crippen molar-refractivity contribution in [3.8, 4) is 0 Å². The van der Waals surface area contributed by atoms with E-state index in [-0.39, 0.29) is 0 Å². The van der Waals surface area contributed by atoms with Gasteiger partial charge in [-0.1, -0.05) is 0 Å². The van der Waals surface area contributed by atoms with Crippen molar-refractivity contribution in [2.75, 3.05) is 0 Å². The average Bonchev–Trinajstić information content (AvgIpc) is 2.60. The minimum Gasteiger partial charge on any atom is -0.143 e. The van der Waals surface area contributed by atoms with Gasteiger partial charge >= 0.3 is 0 Å². The minimum absolute atomic E-state index is 0.605. The lowest BCUT2D eigenvalue weighted by Gasteiger charge is -2.05. The van der Waals surface area contributed by atoms with E-state index in [0.29, 0.717) is 5.88 Å². The van der Waals surface area contributed by atoms with E-state index < -0.39 is 0 Å². The molecule has 2 aromatic rings. The van der Waals surface area contributed by atoms with Crippen LogP contribution in [0.25, 0.3) is 10.1 Å². The fourth-order valence-corrected chi connectivity index (χ4v) is 3.61. The van der Waals surface area contributed by atoms with E-state index in [1.54, 1.807) is 11.3 Å². The first-order valence-electron chi connectivity index (χ1n) is 3.95. The number of hydrogen-bond acceptors (Lipinski definition) is 1. The summed E-state index contributed by atoms with van der Waals surface area (Å²) in [6, 6.07) is 4.36. The van der Waals surface area contributed by atoms with E-state index in [9.17, 15) is 0 Å². The van der Waals surface area contributed by atoms with Crippen molar-refractivity contribution in [1.29, 1.82) is 0 Å². The summed E-state index contributed by atoms with van der Waals surface area (Å²) in [5, 5.41) is 3.49. The Morgan fingerprint density at radius 3 is 3.00 bits per heavy atom. The second-order valence-electron chi connectivity index (χ2n) is 2.94. The second kappa shape index (κ2) is 3.75. The number of thiophene rings is 1. The molecule has 0 amide bonds. The predicted molar refractivity (Wildman–Crippen MR) is 68.8 cm³/mol. The smallest absolute Gasteiger partial charge is 0.0479 e. The molecule has 1 aromatic carbocycles. The van der Waals surface area contributed by atoms with Gasteiger partial charge in [-0.15, -0.1) is 22.9 Å². The highest BCUT2D eigenvalue weighted by atomic mass is 127. The lowest BCUT2D eigenvalue weighted by Crippen LogP contribution is -1.87. The van der Waals surface area contributed by atoms with Crippen LogP contribution in [0.3, 0.4) is 0 Å². The molecule has 0 saturated heterocycles. The SMILES string of the molecule is Cc1c(CCl)cc(I)c2sccc12. The van der Waals surface area contributed by atoms with Gasteiger partial charge in [-0.2, -0.15) is 0 Å². The highest BCUT2D eigenvalue weighted by molar-refractivity contribution is 14.1. The molecule has 0 nitrogen and oxygen atoms in total. The summed E-state index contributed by atoms with van der Waals surface area (Å²) < 4.78 is 2.69. The van der Waals surface area contributed by atoms with E-state index in [4.69, 9.17) is 11.6 Å². The van der Waals surface area contributed by atoms with Crippen LogP contribution >= 0.6 is 45.5 Å². The fraction of sp³-hybridized carbons (Fsp3) is 0.200. The number of halogens is 2. The van der Waals surface area contributed by atoms with Crippen LogP contribution in [0.4, 0.5) is 0 Å². The van der Waals surface area contributed by atoms with E-state index >= 15 is 0 Å². The van der Waals surface area contributed by atoms with Crippen molar-refractivity contribution in [2.45, 2.75) is 12.8 Å². The Morgan fingerprint density at radius 1 is 1.54 bits per heavy atom. The summed E-state index contributed by atoms with van der Waals surface area (Å²) in [6.07, 6.45) is 0. The summed E-state index contributed by atoms with van der Waals surface area (Å²) in [5.41, 5.74) is 2.57. The summed E-state index contributed by atoms with van der Waals surface area (Å²) in [6.45, 7) is 2.14. The lowest BCUT2D eigenvalue weighted by molar-refractivity contribution is 1.33. The normalized spacial score (nSPS) is 11.0. The van der Waals surface area contributed by atoms with Gasteiger partial charge in [-0.25, -0.2) is 0 Å². The van der Waals surface area contributed by atoms with Gasteiger partial charge in [-0.05, 0) is 63.5 Å². The molecule has 0 aliphatic heterocycles. The molecule has 0 aliphatic rings. The van der Waals surface area contributed by atoms with Gasteiger partial charge in [0.15, 0.2) is 0 Å². The lowest BCUT2D eigenvalue weighted by atomic mass is 10.1. The molecule has 1 heterocycles. The molecule has 0 spiro atoms. The number of hydrogen-bond donors (Lipinski definition) is 0. The highest BCUT2D eigenvalue weighted by Crippen LogP contribution is 2.31. The Balaban J connectivity index is 2.85. The van der Waals surface area contributed by atoms with E-state index in [1.807, 2.05) is 0 Å². The van der Waals surface area contributed by atoms with Gasteiger partial charge in [0.1, 0.15) is 0 Å². The molecule has 0 saturated carbocycles. The molecule has 0 radical (unpaired) electrons. The third-order valence-electron chi connectivity index (χ3n) is 2.21. The van der Waals surface area contributed by atoms with Crippen LogP contribution in [-0.4, -0.2) is 0 Å².